The largest absolute Gasteiger partial charge is 0.497 e. The van der Waals surface area contributed by atoms with Crippen LogP contribution in [0.2, 0.25) is 0 Å². The van der Waals surface area contributed by atoms with Gasteiger partial charge in [-0.15, -0.1) is 0 Å². The number of halogens is 1. The third-order valence-electron chi connectivity index (χ3n) is 4.55. The highest BCUT2D eigenvalue weighted by Crippen LogP contribution is 2.30. The summed E-state index contributed by atoms with van der Waals surface area (Å²) >= 11 is 0. The molecule has 2 nitrogen and oxygen atoms in total. The molecule has 1 aliphatic carbocycles. The second kappa shape index (κ2) is 7.63. The topological polar surface area (TPSA) is 21.3 Å². The van der Waals surface area contributed by atoms with Crippen LogP contribution in [0.1, 0.15) is 44.6 Å². The Hall–Kier alpha value is -1.09. The lowest BCUT2D eigenvalue weighted by atomic mass is 9.81. The molecule has 1 aliphatic rings. The van der Waals surface area contributed by atoms with Gasteiger partial charge in [-0.25, -0.2) is 4.39 Å². The second-order valence-corrected chi connectivity index (χ2v) is 5.88. The first-order chi connectivity index (χ1) is 9.72. The van der Waals surface area contributed by atoms with Crippen molar-refractivity contribution >= 4 is 0 Å². The lowest BCUT2D eigenvalue weighted by Crippen LogP contribution is -2.26. The fraction of sp³-hybridized carbons (Fsp3) is 0.647. The first kappa shape index (κ1) is 15.3. The van der Waals surface area contributed by atoms with E-state index in [1.165, 1.54) is 38.2 Å². The molecular weight excluding hydrogens is 253 g/mol. The molecule has 0 amide bonds. The maximum Gasteiger partial charge on any atom is 0.131 e. The Morgan fingerprint density at radius 3 is 2.50 bits per heavy atom. The van der Waals surface area contributed by atoms with Crippen LogP contribution in [0.4, 0.5) is 4.39 Å². The van der Waals surface area contributed by atoms with Gasteiger partial charge in [0.05, 0.1) is 7.11 Å². The van der Waals surface area contributed by atoms with Gasteiger partial charge in [0.2, 0.25) is 0 Å². The van der Waals surface area contributed by atoms with Gasteiger partial charge in [0.1, 0.15) is 11.6 Å². The molecular formula is C17H26FNO. The zero-order valence-electron chi connectivity index (χ0n) is 12.6. The van der Waals surface area contributed by atoms with Crippen LogP contribution in [0, 0.1) is 17.7 Å². The Morgan fingerprint density at radius 1 is 1.20 bits per heavy atom. The number of ether oxygens (including phenoxy) is 1. The molecule has 0 spiro atoms. The summed E-state index contributed by atoms with van der Waals surface area (Å²) in [6.07, 6.45) is 6.67. The van der Waals surface area contributed by atoms with Gasteiger partial charge in [-0.1, -0.05) is 32.3 Å². The molecule has 1 N–H and O–H groups in total. The maximum atomic E-state index is 13.8. The first-order valence-corrected chi connectivity index (χ1v) is 7.76. The molecule has 1 aromatic rings. The minimum atomic E-state index is -0.188. The van der Waals surface area contributed by atoms with E-state index in [9.17, 15) is 4.39 Å². The van der Waals surface area contributed by atoms with E-state index in [1.807, 2.05) is 6.07 Å². The summed E-state index contributed by atoms with van der Waals surface area (Å²) in [5.74, 6) is 2.08. The van der Waals surface area contributed by atoms with Gasteiger partial charge in [0.25, 0.3) is 0 Å². The summed E-state index contributed by atoms with van der Waals surface area (Å²) in [5, 5.41) is 3.40. The normalized spacial score (nSPS) is 22.8. The van der Waals surface area contributed by atoms with Crippen molar-refractivity contribution in [1.29, 1.82) is 0 Å². The lowest BCUT2D eigenvalue weighted by Gasteiger charge is -2.28. The highest BCUT2D eigenvalue weighted by atomic mass is 19.1. The minimum absolute atomic E-state index is 0.188. The number of rotatable bonds is 6. The molecule has 0 atom stereocenters. The standard InChI is InChI=1S/C17H26FNO/c1-3-13-4-6-14(7-5-13)11-19-12-15-8-9-16(20-2)10-17(15)18/h8-10,13-14,19H,3-7,11-12H2,1-2H3. The average Bonchev–Trinajstić information content (AvgIpc) is 2.49. The van der Waals surface area contributed by atoms with Gasteiger partial charge in [0, 0.05) is 18.2 Å². The van der Waals surface area contributed by atoms with Crippen molar-refractivity contribution in [3.05, 3.63) is 29.6 Å². The zero-order valence-corrected chi connectivity index (χ0v) is 12.6. The molecule has 0 saturated heterocycles. The first-order valence-electron chi connectivity index (χ1n) is 7.76. The molecule has 3 heteroatoms. The van der Waals surface area contributed by atoms with Crippen molar-refractivity contribution in [3.8, 4) is 5.75 Å². The van der Waals surface area contributed by atoms with E-state index in [-0.39, 0.29) is 5.82 Å². The Kier molecular flexibility index (Phi) is 5.84. The predicted molar refractivity (Wildman–Crippen MR) is 80.4 cm³/mol. The van der Waals surface area contributed by atoms with Crippen LogP contribution in [0.3, 0.4) is 0 Å². The van der Waals surface area contributed by atoms with E-state index in [0.717, 1.165) is 18.4 Å². The van der Waals surface area contributed by atoms with Gasteiger partial charge >= 0.3 is 0 Å². The van der Waals surface area contributed by atoms with Gasteiger partial charge in [-0.2, -0.15) is 0 Å². The van der Waals surface area contributed by atoms with Crippen molar-refractivity contribution < 1.29 is 9.13 Å². The van der Waals surface area contributed by atoms with Crippen LogP contribution in [0.5, 0.6) is 5.75 Å². The predicted octanol–water partition coefficient (Wildman–Crippen LogP) is 4.14. The van der Waals surface area contributed by atoms with E-state index < -0.39 is 0 Å². The van der Waals surface area contributed by atoms with Gasteiger partial charge in [0.15, 0.2) is 0 Å². The third-order valence-corrected chi connectivity index (χ3v) is 4.55. The maximum absolute atomic E-state index is 13.8. The van der Waals surface area contributed by atoms with Gasteiger partial charge < -0.3 is 10.1 Å². The monoisotopic (exact) mass is 279 g/mol. The minimum Gasteiger partial charge on any atom is -0.497 e. The second-order valence-electron chi connectivity index (χ2n) is 5.88. The molecule has 112 valence electrons. The van der Waals surface area contributed by atoms with Crippen molar-refractivity contribution in [2.75, 3.05) is 13.7 Å². The van der Waals surface area contributed by atoms with Gasteiger partial charge in [-0.05, 0) is 37.3 Å². The molecule has 0 aromatic heterocycles. The molecule has 0 heterocycles. The number of methoxy groups -OCH3 is 1. The number of nitrogens with one attached hydrogen (secondary N) is 1. The van der Waals surface area contributed by atoms with Gasteiger partial charge in [-0.3, -0.25) is 0 Å². The van der Waals surface area contributed by atoms with E-state index in [4.69, 9.17) is 4.74 Å². The van der Waals surface area contributed by atoms with E-state index in [2.05, 4.69) is 12.2 Å². The molecule has 1 aromatic carbocycles. The fourth-order valence-electron chi connectivity index (χ4n) is 3.05. The smallest absolute Gasteiger partial charge is 0.131 e. The Morgan fingerprint density at radius 2 is 1.90 bits per heavy atom. The summed E-state index contributed by atoms with van der Waals surface area (Å²) in [6.45, 7) is 3.89. The molecule has 1 fully saturated rings. The SMILES string of the molecule is CCC1CCC(CNCc2ccc(OC)cc2F)CC1. The van der Waals surface area contributed by atoms with Crippen LogP contribution in [0.25, 0.3) is 0 Å². The average molecular weight is 279 g/mol. The van der Waals surface area contributed by atoms with Crippen LogP contribution in [-0.4, -0.2) is 13.7 Å². The quantitative estimate of drug-likeness (QED) is 0.845. The Labute approximate surface area is 121 Å². The number of benzene rings is 1. The Balaban J connectivity index is 1.73. The Bertz CT molecular complexity index is 413. The summed E-state index contributed by atoms with van der Waals surface area (Å²) in [6, 6.07) is 5.06. The van der Waals surface area contributed by atoms with E-state index in [1.54, 1.807) is 13.2 Å². The lowest BCUT2D eigenvalue weighted by molar-refractivity contribution is 0.262. The van der Waals surface area contributed by atoms with E-state index in [0.29, 0.717) is 17.9 Å². The summed E-state index contributed by atoms with van der Waals surface area (Å²) < 4.78 is 18.8. The highest BCUT2D eigenvalue weighted by molar-refractivity contribution is 5.28. The van der Waals surface area contributed by atoms with Crippen molar-refractivity contribution in [2.24, 2.45) is 11.8 Å². The molecule has 2 rings (SSSR count). The van der Waals surface area contributed by atoms with Crippen LogP contribution in [-0.2, 0) is 6.54 Å². The van der Waals surface area contributed by atoms with Crippen molar-refractivity contribution in [2.45, 2.75) is 45.6 Å². The van der Waals surface area contributed by atoms with E-state index >= 15 is 0 Å². The van der Waals surface area contributed by atoms with Crippen LogP contribution >= 0.6 is 0 Å². The summed E-state index contributed by atoms with van der Waals surface area (Å²) in [4.78, 5) is 0. The molecule has 1 saturated carbocycles. The van der Waals surface area contributed by atoms with Crippen molar-refractivity contribution in [3.63, 3.8) is 0 Å². The molecule has 0 aliphatic heterocycles. The molecule has 0 unspecified atom stereocenters. The van der Waals surface area contributed by atoms with Crippen LogP contribution in [0.15, 0.2) is 18.2 Å². The summed E-state index contributed by atoms with van der Waals surface area (Å²) in [7, 11) is 1.55. The molecule has 0 radical (unpaired) electrons. The third kappa shape index (κ3) is 4.20. The highest BCUT2D eigenvalue weighted by Gasteiger charge is 2.19. The summed E-state index contributed by atoms with van der Waals surface area (Å²) in [5.41, 5.74) is 0.716. The molecule has 0 bridgehead atoms. The van der Waals surface area contributed by atoms with Crippen LogP contribution < -0.4 is 10.1 Å². The fourth-order valence-corrected chi connectivity index (χ4v) is 3.05. The zero-order chi connectivity index (χ0) is 14.4. The van der Waals surface area contributed by atoms with Crippen molar-refractivity contribution in [1.82, 2.24) is 5.32 Å². The number of hydrogen-bond acceptors (Lipinski definition) is 2. The molecule has 20 heavy (non-hydrogen) atoms. The number of hydrogen-bond donors (Lipinski definition) is 1.